The van der Waals surface area contributed by atoms with E-state index in [1.54, 1.807) is 0 Å². The lowest BCUT2D eigenvalue weighted by molar-refractivity contribution is -0.134. The van der Waals surface area contributed by atoms with Gasteiger partial charge in [0.2, 0.25) is 0 Å². The third-order valence-corrected chi connectivity index (χ3v) is 3.67. The second-order valence-electron chi connectivity index (χ2n) is 4.64. The second kappa shape index (κ2) is 3.06. The lowest BCUT2D eigenvalue weighted by Gasteiger charge is -2.38. The number of hydrogen-bond donors (Lipinski definition) is 0. The molecule has 0 amide bonds. The van der Waals surface area contributed by atoms with Gasteiger partial charge in [-0.15, -0.1) is 0 Å². The summed E-state index contributed by atoms with van der Waals surface area (Å²) in [5.41, 5.74) is 2.44. The fraction of sp³-hybridized carbons (Fsp3) is 0.357. The molecule has 0 bridgehead atoms. The SMILES string of the molecule is Cc1cccc([C@@H]2C(=O)[C@@H]3CC=C[C@@H]32)c1. The van der Waals surface area contributed by atoms with E-state index in [0.717, 1.165) is 6.42 Å². The molecule has 0 saturated heterocycles. The highest BCUT2D eigenvalue weighted by atomic mass is 16.1. The van der Waals surface area contributed by atoms with E-state index in [9.17, 15) is 4.79 Å². The van der Waals surface area contributed by atoms with Crippen LogP contribution in [0.3, 0.4) is 0 Å². The van der Waals surface area contributed by atoms with Crippen molar-refractivity contribution in [1.82, 2.24) is 0 Å². The van der Waals surface area contributed by atoms with Gasteiger partial charge in [0.05, 0.1) is 0 Å². The molecule has 3 atom stereocenters. The van der Waals surface area contributed by atoms with Crippen LogP contribution in [0.2, 0.25) is 0 Å². The molecule has 0 radical (unpaired) electrons. The van der Waals surface area contributed by atoms with Crippen molar-refractivity contribution in [3.05, 3.63) is 47.5 Å². The van der Waals surface area contributed by atoms with Crippen LogP contribution >= 0.6 is 0 Å². The van der Waals surface area contributed by atoms with E-state index in [-0.39, 0.29) is 5.92 Å². The van der Waals surface area contributed by atoms with Crippen LogP contribution in [-0.2, 0) is 4.79 Å². The number of rotatable bonds is 1. The van der Waals surface area contributed by atoms with Crippen LogP contribution < -0.4 is 0 Å². The van der Waals surface area contributed by atoms with Gasteiger partial charge in [0.25, 0.3) is 0 Å². The van der Waals surface area contributed by atoms with E-state index < -0.39 is 0 Å². The van der Waals surface area contributed by atoms with E-state index in [1.807, 2.05) is 6.07 Å². The smallest absolute Gasteiger partial charge is 0.144 e. The minimum absolute atomic E-state index is 0.147. The predicted molar refractivity (Wildman–Crippen MR) is 59.7 cm³/mol. The maximum absolute atomic E-state index is 11.9. The molecule has 15 heavy (non-hydrogen) atoms. The molecule has 0 spiro atoms. The first kappa shape index (κ1) is 8.90. The molecule has 1 aromatic rings. The van der Waals surface area contributed by atoms with Crippen LogP contribution in [0, 0.1) is 18.8 Å². The van der Waals surface area contributed by atoms with Crippen LogP contribution in [0.1, 0.15) is 23.5 Å². The number of fused-ring (bicyclic) bond motifs is 1. The Kier molecular flexibility index (Phi) is 1.82. The molecule has 0 unspecified atom stereocenters. The van der Waals surface area contributed by atoms with Crippen molar-refractivity contribution >= 4 is 5.78 Å². The maximum atomic E-state index is 11.9. The molecule has 2 aliphatic carbocycles. The average molecular weight is 198 g/mol. The third-order valence-electron chi connectivity index (χ3n) is 3.67. The molecule has 1 aromatic carbocycles. The number of hydrogen-bond acceptors (Lipinski definition) is 1. The molecule has 0 aliphatic heterocycles. The summed E-state index contributed by atoms with van der Waals surface area (Å²) in [4.78, 5) is 11.9. The van der Waals surface area contributed by atoms with Gasteiger partial charge in [-0.05, 0) is 18.9 Å². The minimum atomic E-state index is 0.147. The molecule has 0 heterocycles. The Balaban J connectivity index is 1.95. The van der Waals surface area contributed by atoms with Crippen LogP contribution in [-0.4, -0.2) is 5.78 Å². The minimum Gasteiger partial charge on any atom is -0.299 e. The summed E-state index contributed by atoms with van der Waals surface area (Å²) >= 11 is 0. The van der Waals surface area contributed by atoms with Crippen molar-refractivity contribution < 1.29 is 4.79 Å². The summed E-state index contributed by atoms with van der Waals surface area (Å²) in [6, 6.07) is 8.35. The monoisotopic (exact) mass is 198 g/mol. The number of aryl methyl sites for hydroxylation is 1. The van der Waals surface area contributed by atoms with Gasteiger partial charge in [-0.1, -0.05) is 42.0 Å². The summed E-state index contributed by atoms with van der Waals surface area (Å²) in [7, 11) is 0. The first-order chi connectivity index (χ1) is 7.27. The van der Waals surface area contributed by atoms with E-state index in [0.29, 0.717) is 17.6 Å². The standard InChI is InChI=1S/C14H14O/c1-9-4-2-5-10(8-9)13-11-6-3-7-12(11)14(13)15/h2-6,8,11-13H,7H2,1H3/t11-,12+,13-/m0/s1. The summed E-state index contributed by atoms with van der Waals surface area (Å²) in [6.07, 6.45) is 5.34. The lowest BCUT2D eigenvalue weighted by atomic mass is 9.62. The quantitative estimate of drug-likeness (QED) is 0.634. The number of carbonyl (C=O) groups is 1. The molecule has 0 N–H and O–H groups in total. The highest BCUT2D eigenvalue weighted by molar-refractivity contribution is 5.96. The second-order valence-corrected chi connectivity index (χ2v) is 4.64. The van der Waals surface area contributed by atoms with Gasteiger partial charge in [-0.25, -0.2) is 0 Å². The van der Waals surface area contributed by atoms with Gasteiger partial charge in [0.1, 0.15) is 5.78 Å². The zero-order valence-electron chi connectivity index (χ0n) is 8.81. The van der Waals surface area contributed by atoms with Gasteiger partial charge in [0.15, 0.2) is 0 Å². The van der Waals surface area contributed by atoms with E-state index >= 15 is 0 Å². The molecule has 2 aliphatic rings. The molecule has 1 heteroatoms. The lowest BCUT2D eigenvalue weighted by Crippen LogP contribution is -2.42. The van der Waals surface area contributed by atoms with Crippen molar-refractivity contribution in [2.45, 2.75) is 19.3 Å². The van der Waals surface area contributed by atoms with Crippen LogP contribution in [0.25, 0.3) is 0 Å². The number of ketones is 1. The Morgan fingerprint density at radius 2 is 2.20 bits per heavy atom. The van der Waals surface area contributed by atoms with Gasteiger partial charge in [0, 0.05) is 17.8 Å². The Bertz CT molecular complexity index is 444. The van der Waals surface area contributed by atoms with E-state index in [2.05, 4.69) is 37.3 Å². The fourth-order valence-electron chi connectivity index (χ4n) is 2.87. The number of allylic oxidation sites excluding steroid dienone is 2. The topological polar surface area (TPSA) is 17.1 Å². The van der Waals surface area contributed by atoms with Crippen LogP contribution in [0.5, 0.6) is 0 Å². The number of carbonyl (C=O) groups excluding carboxylic acids is 1. The first-order valence-electron chi connectivity index (χ1n) is 5.54. The van der Waals surface area contributed by atoms with Crippen LogP contribution in [0.15, 0.2) is 36.4 Å². The normalized spacial score (nSPS) is 32.6. The van der Waals surface area contributed by atoms with Gasteiger partial charge < -0.3 is 0 Å². The largest absolute Gasteiger partial charge is 0.299 e. The fourth-order valence-corrected chi connectivity index (χ4v) is 2.87. The number of Topliss-reactive ketones (excluding diaryl/α,β-unsaturated/α-hetero) is 1. The summed E-state index contributed by atoms with van der Waals surface area (Å²) in [6.45, 7) is 2.08. The molecule has 76 valence electrons. The van der Waals surface area contributed by atoms with E-state index in [4.69, 9.17) is 0 Å². The summed E-state index contributed by atoms with van der Waals surface area (Å²) < 4.78 is 0. The molecule has 1 saturated carbocycles. The molecular weight excluding hydrogens is 184 g/mol. The molecule has 3 rings (SSSR count). The first-order valence-corrected chi connectivity index (χ1v) is 5.54. The Morgan fingerprint density at radius 1 is 1.33 bits per heavy atom. The van der Waals surface area contributed by atoms with Gasteiger partial charge in [-0.3, -0.25) is 4.79 Å². The zero-order chi connectivity index (χ0) is 10.4. The Morgan fingerprint density at radius 3 is 3.00 bits per heavy atom. The van der Waals surface area contributed by atoms with E-state index in [1.165, 1.54) is 11.1 Å². The van der Waals surface area contributed by atoms with Crippen molar-refractivity contribution in [3.63, 3.8) is 0 Å². The van der Waals surface area contributed by atoms with Crippen molar-refractivity contribution in [2.75, 3.05) is 0 Å². The summed E-state index contributed by atoms with van der Waals surface area (Å²) in [5.74, 6) is 1.37. The van der Waals surface area contributed by atoms with Crippen molar-refractivity contribution in [2.24, 2.45) is 11.8 Å². The predicted octanol–water partition coefficient (Wildman–Crippen LogP) is 2.85. The van der Waals surface area contributed by atoms with Crippen LogP contribution in [0.4, 0.5) is 0 Å². The molecular formula is C14H14O. The van der Waals surface area contributed by atoms with Gasteiger partial charge >= 0.3 is 0 Å². The molecule has 1 fully saturated rings. The Hall–Kier alpha value is -1.37. The highest BCUT2D eigenvalue weighted by Gasteiger charge is 2.49. The van der Waals surface area contributed by atoms with Crippen molar-refractivity contribution in [1.29, 1.82) is 0 Å². The zero-order valence-corrected chi connectivity index (χ0v) is 8.81. The highest BCUT2D eigenvalue weighted by Crippen LogP contribution is 2.49. The summed E-state index contributed by atoms with van der Waals surface area (Å²) in [5, 5.41) is 0. The molecule has 1 nitrogen and oxygen atoms in total. The molecule has 0 aromatic heterocycles. The maximum Gasteiger partial charge on any atom is 0.144 e. The third kappa shape index (κ3) is 1.19. The Labute approximate surface area is 89.8 Å². The van der Waals surface area contributed by atoms with Crippen molar-refractivity contribution in [3.8, 4) is 0 Å². The number of benzene rings is 1. The average Bonchev–Trinajstić information content (AvgIpc) is 2.62. The van der Waals surface area contributed by atoms with Gasteiger partial charge in [-0.2, -0.15) is 0 Å².